The van der Waals surface area contributed by atoms with Crippen molar-refractivity contribution in [2.45, 2.75) is 20.8 Å². The molecule has 24 heavy (non-hydrogen) atoms. The van der Waals surface area contributed by atoms with Crippen LogP contribution in [0, 0.1) is 0 Å². The average molecular weight is 332 g/mol. The van der Waals surface area contributed by atoms with Crippen LogP contribution in [0.3, 0.4) is 0 Å². The number of phenolic OH excluding ortho intramolecular Hbond substituents is 1. The molecule has 0 aromatic heterocycles. The molecule has 0 aliphatic heterocycles. The monoisotopic (exact) mass is 332 g/mol. The van der Waals surface area contributed by atoms with E-state index in [4.69, 9.17) is 4.74 Å². The topological polar surface area (TPSA) is 95.9 Å². The lowest BCUT2D eigenvalue weighted by Gasteiger charge is -2.20. The Morgan fingerprint density at radius 2 is 1.83 bits per heavy atom. The summed E-state index contributed by atoms with van der Waals surface area (Å²) in [5.74, 6) is -0.636. The van der Waals surface area contributed by atoms with Crippen molar-refractivity contribution in [1.82, 2.24) is 4.90 Å². The number of hydrogen-bond acceptors (Lipinski definition) is 6. The second-order valence-electron chi connectivity index (χ2n) is 5.10. The van der Waals surface area contributed by atoms with Gasteiger partial charge >= 0.3 is 0 Å². The van der Waals surface area contributed by atoms with Gasteiger partial charge in [-0.25, -0.2) is 0 Å². The third kappa shape index (κ3) is 2.97. The fourth-order valence-electron chi connectivity index (χ4n) is 2.40. The van der Waals surface area contributed by atoms with E-state index in [9.17, 15) is 19.5 Å². The fourth-order valence-corrected chi connectivity index (χ4v) is 2.40. The van der Waals surface area contributed by atoms with Crippen LogP contribution in [-0.4, -0.2) is 35.6 Å². The first-order valence-electron chi connectivity index (χ1n) is 7.80. The Kier molecular flexibility index (Phi) is 5.23. The van der Waals surface area contributed by atoms with Crippen LogP contribution in [0.25, 0.3) is 0 Å². The van der Waals surface area contributed by atoms with Crippen LogP contribution >= 0.6 is 0 Å². The van der Waals surface area contributed by atoms with E-state index < -0.39 is 10.9 Å². The summed E-state index contributed by atoms with van der Waals surface area (Å²) in [5, 5.41) is 13.1. The Morgan fingerprint density at radius 3 is 2.42 bits per heavy atom. The number of nitrogens with zero attached hydrogens (tertiary/aromatic N) is 1. The molecule has 0 bridgehead atoms. The van der Waals surface area contributed by atoms with Gasteiger partial charge in [-0.3, -0.25) is 14.4 Å². The van der Waals surface area contributed by atoms with Crippen LogP contribution in [0.1, 0.15) is 31.1 Å². The number of phenols is 1. The van der Waals surface area contributed by atoms with Gasteiger partial charge < -0.3 is 20.1 Å². The number of rotatable bonds is 7. The third-order valence-electron chi connectivity index (χ3n) is 3.73. The van der Waals surface area contributed by atoms with Gasteiger partial charge in [-0.1, -0.05) is 6.07 Å². The van der Waals surface area contributed by atoms with Crippen LogP contribution in [0.2, 0.25) is 0 Å². The zero-order valence-corrected chi connectivity index (χ0v) is 13.9. The van der Waals surface area contributed by atoms with Crippen LogP contribution in [0.5, 0.6) is 11.5 Å². The Labute approximate surface area is 139 Å². The van der Waals surface area contributed by atoms with Gasteiger partial charge in [0.1, 0.15) is 5.69 Å². The van der Waals surface area contributed by atoms with Crippen LogP contribution in [0.15, 0.2) is 27.8 Å². The molecule has 2 rings (SSSR count). The molecule has 0 aliphatic rings. The second kappa shape index (κ2) is 7.16. The Hall–Kier alpha value is -2.83. The maximum atomic E-state index is 12.4. The van der Waals surface area contributed by atoms with Gasteiger partial charge in [-0.2, -0.15) is 0 Å². The zero-order chi connectivity index (χ0) is 17.9. The molecule has 0 heterocycles. The van der Waals surface area contributed by atoms with E-state index in [-0.39, 0.29) is 41.0 Å². The third-order valence-corrected chi connectivity index (χ3v) is 3.73. The maximum absolute atomic E-state index is 12.4. The van der Waals surface area contributed by atoms with Crippen molar-refractivity contribution >= 4 is 17.3 Å². The van der Waals surface area contributed by atoms with Gasteiger partial charge in [0, 0.05) is 13.1 Å². The van der Waals surface area contributed by atoms with E-state index in [0.717, 1.165) is 0 Å². The molecule has 0 aliphatic carbocycles. The van der Waals surface area contributed by atoms with E-state index in [1.807, 2.05) is 13.8 Å². The summed E-state index contributed by atoms with van der Waals surface area (Å²) in [6.07, 6.45) is 0. The van der Waals surface area contributed by atoms with Gasteiger partial charge in [0.15, 0.2) is 11.5 Å². The Bertz CT molecular complexity index is 817. The van der Waals surface area contributed by atoms with Crippen molar-refractivity contribution < 1.29 is 14.6 Å². The highest BCUT2D eigenvalue weighted by molar-refractivity contribution is 5.99. The molecular weight excluding hydrogens is 312 g/mol. The quantitative estimate of drug-likeness (QED) is 0.591. The van der Waals surface area contributed by atoms with Gasteiger partial charge in [0.25, 0.3) is 16.8 Å². The van der Waals surface area contributed by atoms with Crippen LogP contribution in [-0.2, 0) is 0 Å². The molecule has 1 amide bonds. The standard InChI is InChI=1S/C17H20N2O5/c1-4-19(5-2)17(23)10-8-7-9-11(13(10)20)18-12-14(21)15(22)16(12)24-6-3/h7-9,18,20H,4-6H2,1-3H3. The number of hydrogen-bond donors (Lipinski definition) is 2. The summed E-state index contributed by atoms with van der Waals surface area (Å²) in [5.41, 5.74) is -1.13. The Balaban J connectivity index is 2.36. The SMILES string of the molecule is CCOc1c(Nc2cccc(C(=O)N(CC)CC)c2O)c(=O)c1=O. The van der Waals surface area contributed by atoms with Gasteiger partial charge in [-0.15, -0.1) is 0 Å². The summed E-state index contributed by atoms with van der Waals surface area (Å²) in [7, 11) is 0. The predicted octanol–water partition coefficient (Wildman–Crippen LogP) is 1.61. The van der Waals surface area contributed by atoms with Crippen molar-refractivity contribution in [3.8, 4) is 11.5 Å². The van der Waals surface area contributed by atoms with E-state index >= 15 is 0 Å². The molecule has 0 fully saturated rings. The van der Waals surface area contributed by atoms with E-state index in [2.05, 4.69) is 5.32 Å². The number of carbonyl (C=O) groups is 1. The minimum Gasteiger partial charge on any atom is -0.505 e. The van der Waals surface area contributed by atoms with Crippen LogP contribution in [0.4, 0.5) is 11.4 Å². The highest BCUT2D eigenvalue weighted by Gasteiger charge is 2.25. The largest absolute Gasteiger partial charge is 0.505 e. The summed E-state index contributed by atoms with van der Waals surface area (Å²) in [6, 6.07) is 4.61. The highest BCUT2D eigenvalue weighted by Crippen LogP contribution is 2.32. The first-order chi connectivity index (χ1) is 11.5. The van der Waals surface area contributed by atoms with E-state index in [1.54, 1.807) is 17.9 Å². The molecule has 2 aromatic carbocycles. The lowest BCUT2D eigenvalue weighted by Crippen LogP contribution is -2.35. The summed E-state index contributed by atoms with van der Waals surface area (Å²) in [6.45, 7) is 6.66. The van der Waals surface area contributed by atoms with Crippen molar-refractivity contribution in [2.75, 3.05) is 25.0 Å². The smallest absolute Gasteiger partial charge is 0.272 e. The number of nitrogens with one attached hydrogen (secondary N) is 1. The first kappa shape index (κ1) is 17.5. The molecular formula is C17H20N2O5. The van der Waals surface area contributed by atoms with Crippen molar-refractivity contribution in [2.24, 2.45) is 0 Å². The maximum Gasteiger partial charge on any atom is 0.272 e. The highest BCUT2D eigenvalue weighted by atomic mass is 16.5. The van der Waals surface area contributed by atoms with Crippen molar-refractivity contribution in [3.63, 3.8) is 0 Å². The molecule has 7 heteroatoms. The molecule has 128 valence electrons. The van der Waals surface area contributed by atoms with Gasteiger partial charge in [0.05, 0.1) is 17.9 Å². The van der Waals surface area contributed by atoms with Gasteiger partial charge in [0.2, 0.25) is 0 Å². The van der Waals surface area contributed by atoms with Crippen molar-refractivity contribution in [1.29, 1.82) is 0 Å². The molecule has 0 saturated heterocycles. The van der Waals surface area contributed by atoms with E-state index in [0.29, 0.717) is 13.1 Å². The summed E-state index contributed by atoms with van der Waals surface area (Å²) in [4.78, 5) is 37.1. The number of anilines is 2. The second-order valence-corrected chi connectivity index (χ2v) is 5.10. The zero-order valence-electron chi connectivity index (χ0n) is 13.9. The molecule has 2 aromatic rings. The van der Waals surface area contributed by atoms with Crippen LogP contribution < -0.4 is 20.9 Å². The molecule has 0 spiro atoms. The minimum atomic E-state index is -0.710. The van der Waals surface area contributed by atoms with Gasteiger partial charge in [-0.05, 0) is 32.9 Å². The average Bonchev–Trinajstić information content (AvgIpc) is 2.59. The lowest BCUT2D eigenvalue weighted by atomic mass is 10.1. The fraction of sp³-hybridized carbons (Fsp3) is 0.353. The number of aromatic hydroxyl groups is 1. The first-order valence-corrected chi connectivity index (χ1v) is 7.80. The number of ether oxygens (including phenoxy) is 1. The number of para-hydroxylation sites is 1. The van der Waals surface area contributed by atoms with Crippen molar-refractivity contribution in [3.05, 3.63) is 44.2 Å². The number of amides is 1. The predicted molar refractivity (Wildman–Crippen MR) is 91.2 cm³/mol. The lowest BCUT2D eigenvalue weighted by molar-refractivity contribution is 0.0770. The molecule has 0 radical (unpaired) electrons. The Morgan fingerprint density at radius 1 is 1.17 bits per heavy atom. The molecule has 0 atom stereocenters. The number of benzene rings is 1. The summed E-state index contributed by atoms with van der Waals surface area (Å²) < 4.78 is 5.13. The molecule has 7 nitrogen and oxygen atoms in total. The van der Waals surface area contributed by atoms with E-state index in [1.165, 1.54) is 12.1 Å². The molecule has 0 unspecified atom stereocenters. The normalized spacial score (nSPS) is 10.6. The molecule has 0 saturated carbocycles. The summed E-state index contributed by atoms with van der Waals surface area (Å²) >= 11 is 0. The molecule has 2 N–H and O–H groups in total. The minimum absolute atomic E-state index is 0.00964. The number of carbonyl (C=O) groups excluding carboxylic acids is 1.